The second-order valence-corrected chi connectivity index (χ2v) is 7.49. The molecule has 0 aliphatic heterocycles. The average molecular weight is 396 g/mol. The Balaban J connectivity index is 1.74. The molecule has 0 aliphatic carbocycles. The largest absolute Gasteiger partial charge is 0.504 e. The zero-order valence-corrected chi connectivity index (χ0v) is 16.0. The third-order valence-electron chi connectivity index (χ3n) is 3.78. The van der Waals surface area contributed by atoms with Gasteiger partial charge in [-0.3, -0.25) is 5.43 Å². The van der Waals surface area contributed by atoms with Crippen LogP contribution in [0.15, 0.2) is 53.2 Å². The fraction of sp³-hybridized carbons (Fsp3) is 0.105. The molecule has 3 heterocycles. The smallest absolute Gasteiger partial charge is 0.167 e. The molecule has 4 rings (SSSR count). The number of rotatable bonds is 6. The maximum Gasteiger partial charge on any atom is 0.167 e. The van der Waals surface area contributed by atoms with Crippen LogP contribution in [0.25, 0.3) is 20.7 Å². The number of aromatic hydroxyl groups is 1. The second kappa shape index (κ2) is 7.73. The Morgan fingerprint density at radius 3 is 2.93 bits per heavy atom. The van der Waals surface area contributed by atoms with Crippen molar-refractivity contribution in [2.75, 3.05) is 12.0 Å². The van der Waals surface area contributed by atoms with Crippen LogP contribution in [-0.2, 0) is 0 Å². The number of hydrazone groups is 1. The van der Waals surface area contributed by atoms with Gasteiger partial charge in [0.05, 0.1) is 17.7 Å². The molecular weight excluding hydrogens is 380 g/mol. The summed E-state index contributed by atoms with van der Waals surface area (Å²) in [6.45, 7) is 2.48. The molecule has 0 unspecified atom stereocenters. The van der Waals surface area contributed by atoms with Gasteiger partial charge in [0, 0.05) is 10.4 Å². The van der Waals surface area contributed by atoms with Crippen molar-refractivity contribution in [1.82, 2.24) is 9.97 Å². The summed E-state index contributed by atoms with van der Waals surface area (Å²) in [6.07, 6.45) is 3.15. The predicted octanol–water partition coefficient (Wildman–Crippen LogP) is 4.97. The molecule has 0 fully saturated rings. The molecule has 0 bridgehead atoms. The van der Waals surface area contributed by atoms with Crippen LogP contribution in [0.2, 0.25) is 0 Å². The molecule has 0 spiro atoms. The van der Waals surface area contributed by atoms with Crippen molar-refractivity contribution in [2.45, 2.75) is 6.92 Å². The van der Waals surface area contributed by atoms with Gasteiger partial charge in [-0.25, -0.2) is 9.97 Å². The first-order valence-electron chi connectivity index (χ1n) is 8.29. The van der Waals surface area contributed by atoms with Crippen LogP contribution in [0, 0.1) is 0 Å². The number of fused-ring (bicyclic) bond motifs is 1. The monoisotopic (exact) mass is 396 g/mol. The number of hydrogen-bond donors (Lipinski definition) is 2. The summed E-state index contributed by atoms with van der Waals surface area (Å²) >= 11 is 3.00. The molecule has 0 radical (unpaired) electrons. The van der Waals surface area contributed by atoms with Gasteiger partial charge in [0.15, 0.2) is 11.6 Å². The van der Waals surface area contributed by atoms with E-state index in [9.17, 15) is 5.11 Å². The highest BCUT2D eigenvalue weighted by Crippen LogP contribution is 2.47. The minimum atomic E-state index is 0.120. The van der Waals surface area contributed by atoms with Crippen LogP contribution in [0.3, 0.4) is 0 Å². The number of nitrogens with zero attached hydrogens (tertiary/aromatic N) is 3. The average Bonchev–Trinajstić information content (AvgIpc) is 3.32. The van der Waals surface area contributed by atoms with Crippen LogP contribution in [0.5, 0.6) is 11.5 Å². The lowest BCUT2D eigenvalue weighted by Crippen LogP contribution is -1.93. The van der Waals surface area contributed by atoms with E-state index in [0.29, 0.717) is 22.8 Å². The summed E-state index contributed by atoms with van der Waals surface area (Å²) in [7, 11) is 0. The Kier molecular flexibility index (Phi) is 4.99. The lowest BCUT2D eigenvalue weighted by molar-refractivity contribution is 0.341. The predicted molar refractivity (Wildman–Crippen MR) is 111 cm³/mol. The molecule has 0 saturated heterocycles. The lowest BCUT2D eigenvalue weighted by Gasteiger charge is -2.08. The standard InChI is InChI=1S/C19H16N4O2S2/c1-2-25-14-8-4-3-7-13(14)17-16(24)15-18(27-17)19(21-11-20-15)23-22-10-12-6-5-9-26-12/h3-11,24H,2H2,1H3,(H,20,21,23)/b22-10+. The van der Waals surface area contributed by atoms with Crippen molar-refractivity contribution < 1.29 is 9.84 Å². The van der Waals surface area contributed by atoms with E-state index < -0.39 is 0 Å². The van der Waals surface area contributed by atoms with Gasteiger partial charge in [-0.05, 0) is 30.5 Å². The Morgan fingerprint density at radius 2 is 2.11 bits per heavy atom. The first-order chi connectivity index (χ1) is 13.3. The van der Waals surface area contributed by atoms with Crippen LogP contribution >= 0.6 is 22.7 Å². The van der Waals surface area contributed by atoms with Crippen LogP contribution < -0.4 is 10.2 Å². The lowest BCUT2D eigenvalue weighted by atomic mass is 10.1. The Bertz CT molecular complexity index is 1090. The van der Waals surface area contributed by atoms with E-state index in [2.05, 4.69) is 20.5 Å². The van der Waals surface area contributed by atoms with Gasteiger partial charge in [-0.15, -0.1) is 22.7 Å². The number of hydrogen-bond acceptors (Lipinski definition) is 8. The third-order valence-corrected chi connectivity index (χ3v) is 5.80. The maximum absolute atomic E-state index is 10.7. The normalized spacial score (nSPS) is 11.3. The topological polar surface area (TPSA) is 79.6 Å². The molecule has 3 aromatic heterocycles. The van der Waals surface area contributed by atoms with E-state index in [1.54, 1.807) is 17.6 Å². The molecule has 136 valence electrons. The highest BCUT2D eigenvalue weighted by atomic mass is 32.1. The molecule has 8 heteroatoms. The minimum absolute atomic E-state index is 0.120. The summed E-state index contributed by atoms with van der Waals surface area (Å²) in [5, 5.41) is 17.0. The van der Waals surface area contributed by atoms with E-state index in [-0.39, 0.29) is 5.75 Å². The fourth-order valence-electron chi connectivity index (χ4n) is 2.62. The first-order valence-corrected chi connectivity index (χ1v) is 9.98. The fourth-order valence-corrected chi connectivity index (χ4v) is 4.32. The number of thiophene rings is 2. The zero-order chi connectivity index (χ0) is 18.6. The second-order valence-electron chi connectivity index (χ2n) is 5.49. The molecule has 0 aliphatic rings. The van der Waals surface area contributed by atoms with Crippen LogP contribution in [0.4, 0.5) is 5.82 Å². The summed E-state index contributed by atoms with van der Waals surface area (Å²) in [5.41, 5.74) is 4.27. The van der Waals surface area contributed by atoms with E-state index in [1.807, 2.05) is 48.7 Å². The highest BCUT2D eigenvalue weighted by Gasteiger charge is 2.19. The van der Waals surface area contributed by atoms with E-state index in [4.69, 9.17) is 4.74 Å². The van der Waals surface area contributed by atoms with Crippen molar-refractivity contribution in [1.29, 1.82) is 0 Å². The van der Waals surface area contributed by atoms with Gasteiger partial charge < -0.3 is 9.84 Å². The molecule has 0 atom stereocenters. The number of para-hydroxylation sites is 1. The molecule has 0 amide bonds. The number of nitrogens with one attached hydrogen (secondary N) is 1. The van der Waals surface area contributed by atoms with Crippen molar-refractivity contribution in [3.05, 3.63) is 53.0 Å². The molecule has 0 saturated carbocycles. The zero-order valence-electron chi connectivity index (χ0n) is 14.4. The Hall–Kier alpha value is -2.97. The molecule has 2 N–H and O–H groups in total. The van der Waals surface area contributed by atoms with Gasteiger partial charge in [0.25, 0.3) is 0 Å². The Morgan fingerprint density at radius 1 is 1.22 bits per heavy atom. The summed E-state index contributed by atoms with van der Waals surface area (Å²) in [6, 6.07) is 11.6. The summed E-state index contributed by atoms with van der Waals surface area (Å²) in [5.74, 6) is 1.39. The van der Waals surface area contributed by atoms with Crippen molar-refractivity contribution >= 4 is 44.9 Å². The van der Waals surface area contributed by atoms with Gasteiger partial charge in [0.2, 0.25) is 0 Å². The van der Waals surface area contributed by atoms with Gasteiger partial charge in [0.1, 0.15) is 22.3 Å². The van der Waals surface area contributed by atoms with Crippen molar-refractivity contribution in [3.8, 4) is 21.9 Å². The molecule has 1 aromatic carbocycles. The number of anilines is 1. The molecule has 27 heavy (non-hydrogen) atoms. The van der Waals surface area contributed by atoms with Crippen molar-refractivity contribution in [3.63, 3.8) is 0 Å². The van der Waals surface area contributed by atoms with Gasteiger partial charge in [-0.2, -0.15) is 5.10 Å². The maximum atomic E-state index is 10.7. The number of benzene rings is 1. The molecule has 6 nitrogen and oxygen atoms in total. The van der Waals surface area contributed by atoms with E-state index in [1.165, 1.54) is 17.7 Å². The summed E-state index contributed by atoms with van der Waals surface area (Å²) < 4.78 is 6.44. The van der Waals surface area contributed by atoms with Gasteiger partial charge in [-0.1, -0.05) is 18.2 Å². The van der Waals surface area contributed by atoms with Crippen LogP contribution in [-0.4, -0.2) is 27.9 Å². The SMILES string of the molecule is CCOc1ccccc1-c1sc2c(N/N=C/c3cccs3)ncnc2c1O. The Labute approximate surface area is 163 Å². The molecular formula is C19H16N4O2S2. The number of ether oxygens (including phenoxy) is 1. The summed E-state index contributed by atoms with van der Waals surface area (Å²) in [4.78, 5) is 10.2. The minimum Gasteiger partial charge on any atom is -0.504 e. The number of aromatic nitrogens is 2. The van der Waals surface area contributed by atoms with Gasteiger partial charge >= 0.3 is 0 Å². The highest BCUT2D eigenvalue weighted by molar-refractivity contribution is 7.23. The quantitative estimate of drug-likeness (QED) is 0.355. The van der Waals surface area contributed by atoms with Crippen LogP contribution in [0.1, 0.15) is 11.8 Å². The third kappa shape index (κ3) is 3.49. The van der Waals surface area contributed by atoms with E-state index >= 15 is 0 Å². The van der Waals surface area contributed by atoms with Crippen molar-refractivity contribution in [2.24, 2.45) is 5.10 Å². The molecule has 4 aromatic rings. The van der Waals surface area contributed by atoms with E-state index in [0.717, 1.165) is 20.9 Å². The first kappa shape index (κ1) is 17.4.